The van der Waals surface area contributed by atoms with Crippen molar-refractivity contribution in [3.63, 3.8) is 0 Å². The molecule has 2 rings (SSSR count). The van der Waals surface area contributed by atoms with Gasteiger partial charge >= 0.3 is 0 Å². The zero-order chi connectivity index (χ0) is 21.2. The molecule has 0 radical (unpaired) electrons. The van der Waals surface area contributed by atoms with E-state index in [1.807, 2.05) is 19.1 Å². The van der Waals surface area contributed by atoms with Crippen LogP contribution in [0.5, 0.6) is 17.2 Å². The lowest BCUT2D eigenvalue weighted by molar-refractivity contribution is 0.347. The Morgan fingerprint density at radius 1 is 0.966 bits per heavy atom. The lowest BCUT2D eigenvalue weighted by Gasteiger charge is -2.14. The molecule has 1 heterocycles. The molecule has 0 aliphatic rings. The summed E-state index contributed by atoms with van der Waals surface area (Å²) < 4.78 is 21.7. The fourth-order valence-corrected chi connectivity index (χ4v) is 3.03. The minimum atomic E-state index is 0.420. The van der Waals surface area contributed by atoms with Gasteiger partial charge in [0.2, 0.25) is 0 Å². The number of nitrogens with one attached hydrogen (secondary N) is 2. The molecular formula is C21H32N4O4. The minimum absolute atomic E-state index is 0.420. The average Bonchev–Trinajstić information content (AvgIpc) is 3.16. The van der Waals surface area contributed by atoms with E-state index in [2.05, 4.69) is 29.6 Å². The second-order valence-corrected chi connectivity index (χ2v) is 6.31. The first-order chi connectivity index (χ1) is 14.1. The molecule has 0 aliphatic carbocycles. The first kappa shape index (κ1) is 22.4. The fraction of sp³-hybridized carbons (Fsp3) is 0.524. The normalized spacial score (nSPS) is 11.3. The summed E-state index contributed by atoms with van der Waals surface area (Å²) in [4.78, 5) is 4.70. The predicted molar refractivity (Wildman–Crippen MR) is 113 cm³/mol. The molecule has 29 heavy (non-hydrogen) atoms. The molecule has 0 unspecified atom stereocenters. The van der Waals surface area contributed by atoms with E-state index in [4.69, 9.17) is 23.7 Å². The van der Waals surface area contributed by atoms with E-state index in [1.165, 1.54) is 0 Å². The Kier molecular flexibility index (Phi) is 8.64. The Bertz CT molecular complexity index is 796. The third-order valence-electron chi connectivity index (χ3n) is 4.58. The highest BCUT2D eigenvalue weighted by Gasteiger charge is 2.14. The molecule has 0 saturated heterocycles. The van der Waals surface area contributed by atoms with E-state index in [1.54, 1.807) is 21.3 Å². The van der Waals surface area contributed by atoms with Crippen molar-refractivity contribution in [1.29, 1.82) is 0 Å². The van der Waals surface area contributed by atoms with Gasteiger partial charge in [-0.3, -0.25) is 0 Å². The van der Waals surface area contributed by atoms with Crippen LogP contribution in [0.15, 0.2) is 21.6 Å². The molecule has 2 aromatic rings. The number of ether oxygens (including phenoxy) is 3. The number of nitrogens with zero attached hydrogens (tertiary/aromatic N) is 2. The second kappa shape index (κ2) is 11.2. The van der Waals surface area contributed by atoms with E-state index < -0.39 is 0 Å². The van der Waals surface area contributed by atoms with Gasteiger partial charge in [-0.15, -0.1) is 0 Å². The summed E-state index contributed by atoms with van der Waals surface area (Å²) >= 11 is 0. The first-order valence-corrected chi connectivity index (χ1v) is 9.88. The fourth-order valence-electron chi connectivity index (χ4n) is 3.03. The number of benzene rings is 1. The van der Waals surface area contributed by atoms with Gasteiger partial charge in [0, 0.05) is 36.7 Å². The molecular weight excluding hydrogens is 372 g/mol. The van der Waals surface area contributed by atoms with Crippen molar-refractivity contribution in [2.75, 3.05) is 27.9 Å². The largest absolute Gasteiger partial charge is 0.496 e. The van der Waals surface area contributed by atoms with Crippen molar-refractivity contribution >= 4 is 5.96 Å². The highest BCUT2D eigenvalue weighted by molar-refractivity contribution is 5.79. The molecule has 8 nitrogen and oxygen atoms in total. The van der Waals surface area contributed by atoms with Gasteiger partial charge in [0.1, 0.15) is 11.5 Å². The minimum Gasteiger partial charge on any atom is -0.496 e. The van der Waals surface area contributed by atoms with Crippen molar-refractivity contribution < 1.29 is 18.7 Å². The van der Waals surface area contributed by atoms with Gasteiger partial charge in [0.15, 0.2) is 17.5 Å². The number of aryl methyl sites for hydroxylation is 2. The summed E-state index contributed by atoms with van der Waals surface area (Å²) in [6, 6.07) is 3.69. The highest BCUT2D eigenvalue weighted by atomic mass is 16.5. The molecule has 0 fully saturated rings. The third kappa shape index (κ3) is 5.56. The molecule has 8 heteroatoms. The van der Waals surface area contributed by atoms with Crippen LogP contribution in [-0.4, -0.2) is 39.0 Å². The van der Waals surface area contributed by atoms with Gasteiger partial charge in [0.05, 0.1) is 33.6 Å². The Hall–Kier alpha value is -2.90. The number of methoxy groups -OCH3 is 3. The standard InChI is InChI=1S/C21H32N4O4/c1-7-16-15(17(8-2)29-25-16)13-24-21(22-9-3)23-12-14-10-19(27-5)20(28-6)11-18(14)26-4/h10-11H,7-9,12-13H2,1-6H3,(H2,22,23,24). The van der Waals surface area contributed by atoms with E-state index in [0.29, 0.717) is 36.3 Å². The molecule has 0 saturated carbocycles. The van der Waals surface area contributed by atoms with Crippen LogP contribution >= 0.6 is 0 Å². The number of aliphatic imine (C=N–C) groups is 1. The summed E-state index contributed by atoms with van der Waals surface area (Å²) in [5.74, 6) is 3.57. The van der Waals surface area contributed by atoms with Gasteiger partial charge in [-0.05, 0) is 19.4 Å². The van der Waals surface area contributed by atoms with Gasteiger partial charge < -0.3 is 29.4 Å². The van der Waals surface area contributed by atoms with E-state index in [0.717, 1.165) is 42.0 Å². The Labute approximate surface area is 172 Å². The number of hydrogen-bond acceptors (Lipinski definition) is 6. The van der Waals surface area contributed by atoms with Crippen molar-refractivity contribution in [1.82, 2.24) is 15.8 Å². The molecule has 160 valence electrons. The van der Waals surface area contributed by atoms with Crippen LogP contribution in [0.2, 0.25) is 0 Å². The van der Waals surface area contributed by atoms with Crippen molar-refractivity contribution in [3.8, 4) is 17.2 Å². The van der Waals surface area contributed by atoms with Crippen LogP contribution in [-0.2, 0) is 25.9 Å². The summed E-state index contributed by atoms with van der Waals surface area (Å²) in [5.41, 5.74) is 2.98. The van der Waals surface area contributed by atoms with Crippen LogP contribution in [0.3, 0.4) is 0 Å². The van der Waals surface area contributed by atoms with Crippen LogP contribution in [0.25, 0.3) is 0 Å². The average molecular weight is 405 g/mol. The number of aromatic nitrogens is 1. The van der Waals surface area contributed by atoms with Crippen molar-refractivity contribution in [2.45, 2.75) is 46.7 Å². The number of hydrogen-bond donors (Lipinski definition) is 2. The molecule has 1 aromatic carbocycles. The summed E-state index contributed by atoms with van der Waals surface area (Å²) in [7, 11) is 4.84. The lowest BCUT2D eigenvalue weighted by Crippen LogP contribution is -2.37. The van der Waals surface area contributed by atoms with Gasteiger partial charge in [-0.2, -0.15) is 0 Å². The van der Waals surface area contributed by atoms with E-state index in [9.17, 15) is 0 Å². The van der Waals surface area contributed by atoms with Gasteiger partial charge in [-0.1, -0.05) is 19.0 Å². The zero-order valence-electron chi connectivity index (χ0n) is 18.2. The zero-order valence-corrected chi connectivity index (χ0v) is 18.2. The highest BCUT2D eigenvalue weighted by Crippen LogP contribution is 2.34. The Morgan fingerprint density at radius 3 is 2.24 bits per heavy atom. The van der Waals surface area contributed by atoms with Crippen molar-refractivity contribution in [2.24, 2.45) is 4.99 Å². The van der Waals surface area contributed by atoms with Gasteiger partial charge in [-0.25, -0.2) is 4.99 Å². The van der Waals surface area contributed by atoms with Crippen LogP contribution < -0.4 is 24.8 Å². The Balaban J connectivity index is 2.20. The molecule has 0 atom stereocenters. The molecule has 0 aliphatic heterocycles. The van der Waals surface area contributed by atoms with E-state index >= 15 is 0 Å². The molecule has 0 amide bonds. The SMILES string of the molecule is CCNC(=NCc1cc(OC)c(OC)cc1OC)NCc1c(CC)noc1CC. The summed E-state index contributed by atoms with van der Waals surface area (Å²) in [6.45, 7) is 7.94. The maximum absolute atomic E-state index is 5.49. The maximum Gasteiger partial charge on any atom is 0.191 e. The quantitative estimate of drug-likeness (QED) is 0.464. The molecule has 1 aromatic heterocycles. The third-order valence-corrected chi connectivity index (χ3v) is 4.58. The topological polar surface area (TPSA) is 90.1 Å². The smallest absolute Gasteiger partial charge is 0.191 e. The Morgan fingerprint density at radius 2 is 1.66 bits per heavy atom. The van der Waals surface area contributed by atoms with Crippen LogP contribution in [0.4, 0.5) is 0 Å². The molecule has 0 bridgehead atoms. The number of rotatable bonds is 10. The van der Waals surface area contributed by atoms with Gasteiger partial charge in [0.25, 0.3) is 0 Å². The summed E-state index contributed by atoms with van der Waals surface area (Å²) in [6.07, 6.45) is 1.64. The monoisotopic (exact) mass is 404 g/mol. The number of guanidine groups is 1. The second-order valence-electron chi connectivity index (χ2n) is 6.31. The first-order valence-electron chi connectivity index (χ1n) is 9.88. The molecule has 2 N–H and O–H groups in total. The van der Waals surface area contributed by atoms with Crippen LogP contribution in [0, 0.1) is 0 Å². The predicted octanol–water partition coefficient (Wildman–Crippen LogP) is 3.08. The van der Waals surface area contributed by atoms with E-state index in [-0.39, 0.29) is 0 Å². The van der Waals surface area contributed by atoms with Crippen molar-refractivity contribution in [3.05, 3.63) is 34.7 Å². The lowest BCUT2D eigenvalue weighted by atomic mass is 10.1. The maximum atomic E-state index is 5.49. The van der Waals surface area contributed by atoms with Crippen LogP contribution in [0.1, 0.15) is 43.4 Å². The molecule has 0 spiro atoms. The summed E-state index contributed by atoms with van der Waals surface area (Å²) in [5, 5.41) is 10.8.